The number of aromatic amines is 2. The third-order valence-electron chi connectivity index (χ3n) is 11.8. The SMILES string of the molecule is COC(=O)N[C@H](C(=O)N1C[C@H](C)C[C@H]1c1nc(-c2ccc(-c3ccc(-c4ccc5[nH]c([C@@H]6C[C@H](C)CN6C(=O)[C@@H](NC(=O)OC)C(C)C)nc5c4)cc3)cc2)c[nH]1)C(C)C. The van der Waals surface area contributed by atoms with Gasteiger partial charge in [0.2, 0.25) is 11.8 Å². The van der Waals surface area contributed by atoms with Gasteiger partial charge in [0.25, 0.3) is 0 Å². The zero-order valence-corrected chi connectivity index (χ0v) is 35.6. The van der Waals surface area contributed by atoms with Crippen LogP contribution in [0.2, 0.25) is 0 Å². The molecule has 7 rings (SSSR count). The van der Waals surface area contributed by atoms with E-state index in [2.05, 4.69) is 95.1 Å². The Hall–Kier alpha value is -6.18. The number of likely N-dealkylation sites (tertiary alicyclic amines) is 2. The Bertz CT molecular complexity index is 2330. The molecule has 0 bridgehead atoms. The quantitative estimate of drug-likeness (QED) is 0.104. The lowest BCUT2D eigenvalue weighted by Gasteiger charge is -2.30. The molecule has 14 nitrogen and oxygen atoms in total. The van der Waals surface area contributed by atoms with E-state index >= 15 is 0 Å². The predicted octanol–water partition coefficient (Wildman–Crippen LogP) is 7.87. The van der Waals surface area contributed by atoms with Crippen molar-refractivity contribution in [3.63, 3.8) is 0 Å². The number of nitrogens with zero attached hydrogens (tertiary/aromatic N) is 4. The molecule has 0 radical (unpaired) electrons. The van der Waals surface area contributed by atoms with Gasteiger partial charge in [-0.1, -0.05) is 96.1 Å². The lowest BCUT2D eigenvalue weighted by atomic mass is 9.99. The predicted molar refractivity (Wildman–Crippen MR) is 229 cm³/mol. The van der Waals surface area contributed by atoms with Crippen molar-refractivity contribution in [3.05, 3.63) is 84.6 Å². The number of amides is 4. The highest BCUT2D eigenvalue weighted by molar-refractivity contribution is 5.88. The molecule has 4 amide bonds. The number of fused-ring (bicyclic) bond motifs is 1. The summed E-state index contributed by atoms with van der Waals surface area (Å²) in [6.07, 6.45) is 2.17. The van der Waals surface area contributed by atoms with E-state index in [0.29, 0.717) is 13.1 Å². The first-order chi connectivity index (χ1) is 28.7. The van der Waals surface area contributed by atoms with Crippen LogP contribution in [0.3, 0.4) is 0 Å². The molecular weight excluding hydrogens is 761 g/mol. The van der Waals surface area contributed by atoms with Crippen LogP contribution in [0, 0.1) is 23.7 Å². The Kier molecular flexibility index (Phi) is 12.3. The second kappa shape index (κ2) is 17.6. The summed E-state index contributed by atoms with van der Waals surface area (Å²) in [5.41, 5.74) is 7.69. The Balaban J connectivity index is 1.03. The van der Waals surface area contributed by atoms with E-state index in [0.717, 1.165) is 69.0 Å². The molecule has 0 aliphatic carbocycles. The summed E-state index contributed by atoms with van der Waals surface area (Å²) < 4.78 is 9.58. The van der Waals surface area contributed by atoms with Crippen molar-refractivity contribution < 1.29 is 28.7 Å². The van der Waals surface area contributed by atoms with E-state index in [4.69, 9.17) is 19.4 Å². The van der Waals surface area contributed by atoms with Crippen LogP contribution in [-0.4, -0.2) is 93.1 Å². The molecule has 316 valence electrons. The minimum Gasteiger partial charge on any atom is -0.453 e. The van der Waals surface area contributed by atoms with Crippen molar-refractivity contribution in [1.82, 2.24) is 40.4 Å². The fourth-order valence-electron chi connectivity index (χ4n) is 8.56. The molecule has 4 N–H and O–H groups in total. The molecule has 4 heterocycles. The van der Waals surface area contributed by atoms with Gasteiger partial charge in [-0.05, 0) is 70.9 Å². The van der Waals surface area contributed by atoms with Crippen LogP contribution < -0.4 is 10.6 Å². The van der Waals surface area contributed by atoms with Gasteiger partial charge in [-0.25, -0.2) is 19.6 Å². The number of carbonyl (C=O) groups is 4. The van der Waals surface area contributed by atoms with Crippen molar-refractivity contribution in [1.29, 1.82) is 0 Å². The van der Waals surface area contributed by atoms with Crippen LogP contribution in [0.25, 0.3) is 44.5 Å². The van der Waals surface area contributed by atoms with Gasteiger partial charge >= 0.3 is 12.2 Å². The van der Waals surface area contributed by atoms with E-state index in [1.54, 1.807) is 0 Å². The fourth-order valence-corrected chi connectivity index (χ4v) is 8.56. The largest absolute Gasteiger partial charge is 0.453 e. The normalized spacial score (nSPS) is 20.1. The first-order valence-electron chi connectivity index (χ1n) is 20.8. The molecule has 6 atom stereocenters. The molecule has 2 fully saturated rings. The molecule has 2 saturated heterocycles. The summed E-state index contributed by atoms with van der Waals surface area (Å²) in [7, 11) is 2.59. The number of ether oxygens (including phenoxy) is 2. The summed E-state index contributed by atoms with van der Waals surface area (Å²) in [4.78, 5) is 71.9. The zero-order chi connectivity index (χ0) is 42.8. The lowest BCUT2D eigenvalue weighted by Crippen LogP contribution is -2.51. The van der Waals surface area contributed by atoms with Gasteiger partial charge in [0.1, 0.15) is 23.7 Å². The van der Waals surface area contributed by atoms with E-state index in [-0.39, 0.29) is 47.6 Å². The van der Waals surface area contributed by atoms with Crippen molar-refractivity contribution in [3.8, 4) is 33.5 Å². The van der Waals surface area contributed by atoms with Crippen LogP contribution in [0.5, 0.6) is 0 Å². The average Bonchev–Trinajstić information content (AvgIpc) is 4.06. The first-order valence-corrected chi connectivity index (χ1v) is 20.8. The fraction of sp³-hybridized carbons (Fsp3) is 0.435. The smallest absolute Gasteiger partial charge is 0.407 e. The number of benzene rings is 3. The molecule has 5 aromatic rings. The topological polar surface area (TPSA) is 175 Å². The molecule has 14 heteroatoms. The molecule has 2 aliphatic rings. The number of carbonyl (C=O) groups excluding carboxylic acids is 4. The maximum atomic E-state index is 13.8. The summed E-state index contributed by atoms with van der Waals surface area (Å²) >= 11 is 0. The maximum absolute atomic E-state index is 13.8. The Morgan fingerprint density at radius 3 is 1.58 bits per heavy atom. The Morgan fingerprint density at radius 1 is 0.650 bits per heavy atom. The molecule has 2 aliphatic heterocycles. The number of hydrogen-bond acceptors (Lipinski definition) is 8. The maximum Gasteiger partial charge on any atom is 0.407 e. The Labute approximate surface area is 350 Å². The average molecular weight is 817 g/mol. The van der Waals surface area contributed by atoms with Crippen molar-refractivity contribution in [2.24, 2.45) is 23.7 Å². The van der Waals surface area contributed by atoms with Crippen LogP contribution in [0.4, 0.5) is 9.59 Å². The number of nitrogens with one attached hydrogen (secondary N) is 4. The monoisotopic (exact) mass is 816 g/mol. The Morgan fingerprint density at radius 2 is 1.10 bits per heavy atom. The van der Waals surface area contributed by atoms with Crippen molar-refractivity contribution in [2.75, 3.05) is 27.3 Å². The van der Waals surface area contributed by atoms with E-state index in [1.807, 2.05) is 49.8 Å². The summed E-state index contributed by atoms with van der Waals surface area (Å²) in [5, 5.41) is 5.44. The highest BCUT2D eigenvalue weighted by Crippen LogP contribution is 2.38. The standard InChI is InChI=1S/C46H56N8O6/c1-25(2)39(51-45(57)59-7)43(55)53-23-27(5)19-37(53)41-47-22-36(50-41)32-15-13-30(14-16-32)29-9-11-31(12-10-29)33-17-18-34-35(21-33)49-42(48-34)38-20-28(6)24-54(38)44(56)40(26(3)4)52-46(58)60-8/h9-18,21-22,25-28,37-40H,19-20,23-24H2,1-8H3,(H,47,50)(H,48,49)(H,51,57)(H,52,58)/t27-,28+,37+,38+,39+,40+/m1/s1. The number of hydrogen-bond donors (Lipinski definition) is 4. The van der Waals surface area contributed by atoms with Gasteiger partial charge in [-0.3, -0.25) is 9.59 Å². The van der Waals surface area contributed by atoms with Crippen LogP contribution in [0.15, 0.2) is 72.9 Å². The van der Waals surface area contributed by atoms with E-state index < -0.39 is 24.3 Å². The van der Waals surface area contributed by atoms with Gasteiger partial charge in [0.05, 0.1) is 43.0 Å². The number of H-pyrrole nitrogens is 2. The van der Waals surface area contributed by atoms with Gasteiger partial charge in [-0.2, -0.15) is 0 Å². The summed E-state index contributed by atoms with van der Waals surface area (Å²) in [6, 6.07) is 21.0. The lowest BCUT2D eigenvalue weighted by molar-refractivity contribution is -0.136. The second-order valence-corrected chi connectivity index (χ2v) is 17.1. The van der Waals surface area contributed by atoms with Crippen LogP contribution in [0.1, 0.15) is 78.1 Å². The van der Waals surface area contributed by atoms with Gasteiger partial charge in [0.15, 0.2) is 0 Å². The minimum absolute atomic E-state index is 0.113. The second-order valence-electron chi connectivity index (χ2n) is 17.1. The van der Waals surface area contributed by atoms with Crippen molar-refractivity contribution in [2.45, 2.75) is 78.6 Å². The number of aromatic nitrogens is 4. The van der Waals surface area contributed by atoms with E-state index in [9.17, 15) is 19.2 Å². The number of imidazole rings is 2. The van der Waals surface area contributed by atoms with E-state index in [1.165, 1.54) is 14.2 Å². The van der Waals surface area contributed by atoms with Crippen molar-refractivity contribution >= 4 is 35.0 Å². The first kappa shape index (κ1) is 42.0. The molecule has 0 spiro atoms. The molecule has 0 saturated carbocycles. The molecule has 2 aromatic heterocycles. The number of rotatable bonds is 11. The van der Waals surface area contributed by atoms with Crippen LogP contribution >= 0.6 is 0 Å². The molecule has 3 aromatic carbocycles. The van der Waals surface area contributed by atoms with Crippen LogP contribution in [-0.2, 0) is 19.1 Å². The molecular formula is C46H56N8O6. The third kappa shape index (κ3) is 8.73. The van der Waals surface area contributed by atoms with Gasteiger partial charge < -0.3 is 39.9 Å². The summed E-state index contributed by atoms with van der Waals surface area (Å²) in [5.74, 6) is 1.51. The van der Waals surface area contributed by atoms with Gasteiger partial charge in [0, 0.05) is 24.8 Å². The zero-order valence-electron chi connectivity index (χ0n) is 35.6. The number of alkyl carbamates (subject to hydrolysis) is 2. The highest BCUT2D eigenvalue weighted by Gasteiger charge is 2.41. The van der Waals surface area contributed by atoms with Gasteiger partial charge in [-0.15, -0.1) is 0 Å². The third-order valence-corrected chi connectivity index (χ3v) is 11.8. The molecule has 0 unspecified atom stereocenters. The molecule has 60 heavy (non-hydrogen) atoms. The minimum atomic E-state index is -0.702. The number of methoxy groups -OCH3 is 2. The highest BCUT2D eigenvalue weighted by atomic mass is 16.5. The summed E-state index contributed by atoms with van der Waals surface area (Å²) in [6.45, 7) is 13.0.